The summed E-state index contributed by atoms with van der Waals surface area (Å²) in [5.41, 5.74) is 1.26. The van der Waals surface area contributed by atoms with Gasteiger partial charge in [-0.2, -0.15) is 0 Å². The molecule has 1 aliphatic rings. The number of nitrogens with one attached hydrogen (secondary N) is 1. The number of rotatable bonds is 3. The van der Waals surface area contributed by atoms with E-state index in [1.807, 2.05) is 6.07 Å². The van der Waals surface area contributed by atoms with Gasteiger partial charge in [0.1, 0.15) is 6.04 Å². The van der Waals surface area contributed by atoms with Gasteiger partial charge in [0.2, 0.25) is 0 Å². The van der Waals surface area contributed by atoms with E-state index in [0.717, 1.165) is 11.1 Å². The predicted molar refractivity (Wildman–Crippen MR) is 68.9 cm³/mol. The first-order valence-electron chi connectivity index (χ1n) is 5.92. The van der Waals surface area contributed by atoms with Crippen molar-refractivity contribution in [3.05, 3.63) is 34.9 Å². The number of carbonyl (C=O) groups is 1. The molecule has 0 saturated carbocycles. The molecule has 0 amide bonds. The van der Waals surface area contributed by atoms with E-state index < -0.39 is 25.3 Å². The Labute approximate surface area is 110 Å². The first-order chi connectivity index (χ1) is 8.80. The third-order valence-corrected chi connectivity index (χ3v) is 4.80. The molecule has 6 nitrogen and oxygen atoms in total. The predicted octanol–water partition coefficient (Wildman–Crippen LogP) is 1.02. The fraction of sp³-hybridized carbons (Fsp3) is 0.417. The molecule has 0 fully saturated rings. The summed E-state index contributed by atoms with van der Waals surface area (Å²) in [4.78, 5) is 29.6. The molecule has 0 aliphatic carbocycles. The molecule has 1 aliphatic heterocycles. The van der Waals surface area contributed by atoms with E-state index in [4.69, 9.17) is 5.11 Å². The van der Waals surface area contributed by atoms with Crippen molar-refractivity contribution >= 4 is 13.6 Å². The summed E-state index contributed by atoms with van der Waals surface area (Å²) in [5.74, 6) is -0.954. The highest BCUT2D eigenvalue weighted by Crippen LogP contribution is 2.52. The van der Waals surface area contributed by atoms with Gasteiger partial charge in [0.25, 0.3) is 0 Å². The van der Waals surface area contributed by atoms with E-state index in [2.05, 4.69) is 5.32 Å². The van der Waals surface area contributed by atoms with Crippen molar-refractivity contribution in [2.75, 3.05) is 0 Å². The highest BCUT2D eigenvalue weighted by Gasteiger charge is 2.31. The van der Waals surface area contributed by atoms with Gasteiger partial charge in [0, 0.05) is 6.54 Å². The Balaban J connectivity index is 2.43. The average Bonchev–Trinajstić information content (AvgIpc) is 2.35. The molecule has 0 radical (unpaired) electrons. The van der Waals surface area contributed by atoms with Crippen LogP contribution in [0.1, 0.15) is 29.3 Å². The van der Waals surface area contributed by atoms with Gasteiger partial charge in [-0.3, -0.25) is 9.36 Å². The van der Waals surface area contributed by atoms with Crippen LogP contribution < -0.4 is 5.32 Å². The molecule has 1 aromatic carbocycles. The molecule has 0 aromatic heterocycles. The van der Waals surface area contributed by atoms with Crippen LogP contribution in [0.2, 0.25) is 0 Å². The number of fused-ring (bicyclic) bond motifs is 1. The summed E-state index contributed by atoms with van der Waals surface area (Å²) in [7, 11) is -4.24. The zero-order valence-electron chi connectivity index (χ0n) is 10.4. The molecule has 0 saturated heterocycles. The molecular formula is C12H16NO5P. The third kappa shape index (κ3) is 2.87. The fourth-order valence-corrected chi connectivity index (χ4v) is 2.93. The van der Waals surface area contributed by atoms with Gasteiger partial charge in [-0.25, -0.2) is 0 Å². The maximum Gasteiger partial charge on any atom is 0.332 e. The average molecular weight is 285 g/mol. The Bertz CT molecular complexity index is 553. The largest absolute Gasteiger partial charge is 0.480 e. The standard InChI is InChI=1S/C12H16NO5P/c1-7(19(16,17)18)9-4-2-3-8-6-13-11(12(14)15)5-10(8)9/h2-4,7,11,13H,5-6H2,1H3,(H,14,15)(H2,16,17,18). The highest BCUT2D eigenvalue weighted by molar-refractivity contribution is 7.52. The SMILES string of the molecule is CC(c1cccc2c1CC(C(=O)O)NC2)P(=O)(O)O. The van der Waals surface area contributed by atoms with Crippen molar-refractivity contribution in [1.29, 1.82) is 0 Å². The van der Waals surface area contributed by atoms with Crippen LogP contribution in [0.4, 0.5) is 0 Å². The number of hydrogen-bond donors (Lipinski definition) is 4. The molecule has 2 unspecified atom stereocenters. The molecule has 1 heterocycles. The lowest BCUT2D eigenvalue weighted by atomic mass is 9.90. The maximum atomic E-state index is 11.4. The van der Waals surface area contributed by atoms with Gasteiger partial charge in [0.05, 0.1) is 5.66 Å². The van der Waals surface area contributed by atoms with Gasteiger partial charge in [-0.1, -0.05) is 18.2 Å². The molecule has 2 rings (SSSR count). The van der Waals surface area contributed by atoms with Crippen molar-refractivity contribution < 1.29 is 24.3 Å². The van der Waals surface area contributed by atoms with Gasteiger partial charge in [-0.15, -0.1) is 0 Å². The Morgan fingerprint density at radius 1 is 1.47 bits per heavy atom. The lowest BCUT2D eigenvalue weighted by molar-refractivity contribution is -0.139. The van der Waals surface area contributed by atoms with E-state index in [1.165, 1.54) is 6.92 Å². The van der Waals surface area contributed by atoms with Gasteiger partial charge < -0.3 is 20.2 Å². The number of carboxylic acid groups (broad SMARTS) is 1. The Morgan fingerprint density at radius 2 is 2.16 bits per heavy atom. The summed E-state index contributed by atoms with van der Waals surface area (Å²) in [6.45, 7) is 1.86. The van der Waals surface area contributed by atoms with Crippen molar-refractivity contribution in [2.24, 2.45) is 0 Å². The quantitative estimate of drug-likeness (QED) is 0.618. The van der Waals surface area contributed by atoms with Crippen LogP contribution in [0.15, 0.2) is 18.2 Å². The van der Waals surface area contributed by atoms with E-state index in [1.54, 1.807) is 12.1 Å². The molecular weight excluding hydrogens is 269 g/mol. The third-order valence-electron chi connectivity index (χ3n) is 3.51. The van der Waals surface area contributed by atoms with Crippen molar-refractivity contribution in [1.82, 2.24) is 5.32 Å². The zero-order valence-corrected chi connectivity index (χ0v) is 11.3. The van der Waals surface area contributed by atoms with Gasteiger partial charge >= 0.3 is 13.6 Å². The minimum absolute atomic E-state index is 0.241. The highest BCUT2D eigenvalue weighted by atomic mass is 31.2. The lowest BCUT2D eigenvalue weighted by Crippen LogP contribution is -2.42. The molecule has 0 bridgehead atoms. The Hall–Kier alpha value is -1.20. The second-order valence-corrected chi connectivity index (χ2v) is 6.68. The molecule has 1 aromatic rings. The number of carboxylic acids is 1. The Kier molecular flexibility index (Phi) is 3.78. The summed E-state index contributed by atoms with van der Waals surface area (Å²) >= 11 is 0. The number of hydrogen-bond acceptors (Lipinski definition) is 3. The maximum absolute atomic E-state index is 11.4. The first-order valence-corrected chi connectivity index (χ1v) is 7.61. The normalized spacial score (nSPS) is 20.7. The van der Waals surface area contributed by atoms with Crippen molar-refractivity contribution in [3.8, 4) is 0 Å². The molecule has 19 heavy (non-hydrogen) atoms. The Morgan fingerprint density at radius 3 is 2.74 bits per heavy atom. The minimum atomic E-state index is -4.24. The zero-order chi connectivity index (χ0) is 14.2. The van der Waals surface area contributed by atoms with E-state index >= 15 is 0 Å². The smallest absolute Gasteiger partial charge is 0.332 e. The summed E-state index contributed by atoms with van der Waals surface area (Å²) < 4.78 is 11.4. The van der Waals surface area contributed by atoms with Crippen LogP contribution in [-0.4, -0.2) is 26.9 Å². The topological polar surface area (TPSA) is 107 Å². The second-order valence-electron chi connectivity index (χ2n) is 4.73. The molecule has 0 spiro atoms. The molecule has 7 heteroatoms. The van der Waals surface area contributed by atoms with Gasteiger partial charge in [0.15, 0.2) is 0 Å². The summed E-state index contributed by atoms with van der Waals surface area (Å²) in [5, 5.41) is 11.9. The second kappa shape index (κ2) is 5.06. The van der Waals surface area contributed by atoms with Gasteiger partial charge in [-0.05, 0) is 30.0 Å². The van der Waals surface area contributed by atoms with Crippen LogP contribution in [0.5, 0.6) is 0 Å². The lowest BCUT2D eigenvalue weighted by Gasteiger charge is -2.27. The van der Waals surface area contributed by atoms with Crippen LogP contribution in [-0.2, 0) is 22.3 Å². The van der Waals surface area contributed by atoms with Crippen LogP contribution in [0.25, 0.3) is 0 Å². The first kappa shape index (κ1) is 14.2. The molecule has 104 valence electrons. The number of benzene rings is 1. The minimum Gasteiger partial charge on any atom is -0.480 e. The summed E-state index contributed by atoms with van der Waals surface area (Å²) in [6.07, 6.45) is 0.241. The van der Waals surface area contributed by atoms with Crippen molar-refractivity contribution in [3.63, 3.8) is 0 Å². The van der Waals surface area contributed by atoms with Crippen LogP contribution in [0, 0.1) is 0 Å². The van der Waals surface area contributed by atoms with E-state index in [-0.39, 0.29) is 6.42 Å². The van der Waals surface area contributed by atoms with Crippen LogP contribution >= 0.6 is 7.60 Å². The molecule has 2 atom stereocenters. The van der Waals surface area contributed by atoms with Crippen molar-refractivity contribution in [2.45, 2.75) is 31.6 Å². The fourth-order valence-electron chi connectivity index (χ4n) is 2.33. The monoisotopic (exact) mass is 285 g/mol. The van der Waals surface area contributed by atoms with E-state index in [0.29, 0.717) is 12.1 Å². The summed E-state index contributed by atoms with van der Waals surface area (Å²) in [6, 6.07) is 4.53. The van der Waals surface area contributed by atoms with E-state index in [9.17, 15) is 19.1 Å². The number of aliphatic carboxylic acids is 1. The molecule has 4 N–H and O–H groups in total. The van der Waals surface area contributed by atoms with Crippen LogP contribution in [0.3, 0.4) is 0 Å².